The van der Waals surface area contributed by atoms with E-state index in [1.807, 2.05) is 0 Å². The average molecular weight is 592 g/mol. The van der Waals surface area contributed by atoms with E-state index in [4.69, 9.17) is 4.74 Å². The molecule has 0 saturated carbocycles. The Kier molecular flexibility index (Phi) is 15.1. The summed E-state index contributed by atoms with van der Waals surface area (Å²) in [6.07, 6.45) is 10.6. The highest BCUT2D eigenvalue weighted by atomic mass is 79.9. The Hall–Kier alpha value is 0.0600. The Morgan fingerprint density at radius 1 is 0.484 bits per heavy atom. The van der Waals surface area contributed by atoms with E-state index in [9.17, 15) is 0 Å². The molecule has 31 heavy (non-hydrogen) atoms. The van der Waals surface area contributed by atoms with Crippen LogP contribution in [-0.4, -0.2) is 37.0 Å². The van der Waals surface area contributed by atoms with E-state index in [0.29, 0.717) is 0 Å². The van der Waals surface area contributed by atoms with Gasteiger partial charge in [0.15, 0.2) is 0 Å². The number of ether oxygens (including phenoxy) is 1. The lowest BCUT2D eigenvalue weighted by molar-refractivity contribution is -0.00100. The largest absolute Gasteiger partial charge is 1.00 e. The first-order valence-electron chi connectivity index (χ1n) is 11.5. The van der Waals surface area contributed by atoms with Crippen LogP contribution in [-0.2, 0) is 12.3 Å². The Morgan fingerprint density at radius 2 is 0.742 bits per heavy atom. The highest BCUT2D eigenvalue weighted by Crippen LogP contribution is 2.61. The lowest BCUT2D eigenvalue weighted by Gasteiger charge is -2.24. The van der Waals surface area contributed by atoms with Gasteiger partial charge in [-0.1, -0.05) is 24.3 Å². The molecule has 5 heteroatoms. The summed E-state index contributed by atoms with van der Waals surface area (Å²) in [5, 5.41) is 0. The first kappa shape index (κ1) is 31.1. The molecule has 0 atom stereocenters. The summed E-state index contributed by atoms with van der Waals surface area (Å²) in [4.78, 5) is 0. The van der Waals surface area contributed by atoms with Gasteiger partial charge in [0.1, 0.15) is 11.5 Å². The third kappa shape index (κ3) is 8.73. The van der Waals surface area contributed by atoms with Gasteiger partial charge in [-0.05, 0) is 76.9 Å². The van der Waals surface area contributed by atoms with Crippen LogP contribution in [0.15, 0.2) is 48.5 Å². The molecule has 0 saturated heterocycles. The SMILES string of the molecule is CC[P+](CC)(CC)Cc1ccc(Oc2ccc(C[P+](CC)(CC)CC)cc2)cc1.[Br-].[Br-]. The maximum Gasteiger partial charge on any atom is 0.127 e. The minimum Gasteiger partial charge on any atom is -1.00 e. The van der Waals surface area contributed by atoms with Gasteiger partial charge in [0, 0.05) is 14.5 Å². The Morgan fingerprint density at radius 3 is 0.968 bits per heavy atom. The van der Waals surface area contributed by atoms with Gasteiger partial charge in [-0.3, -0.25) is 0 Å². The third-order valence-corrected chi connectivity index (χ3v) is 17.3. The molecule has 0 amide bonds. The van der Waals surface area contributed by atoms with E-state index < -0.39 is 14.5 Å². The molecule has 0 radical (unpaired) electrons. The van der Waals surface area contributed by atoms with Crippen LogP contribution in [0.25, 0.3) is 0 Å². The summed E-state index contributed by atoms with van der Waals surface area (Å²) >= 11 is 0. The summed E-state index contributed by atoms with van der Waals surface area (Å²) in [6.45, 7) is 14.2. The zero-order valence-corrected chi connectivity index (χ0v) is 25.3. The molecular weight excluding hydrogens is 550 g/mol. The predicted octanol–water partition coefficient (Wildman–Crippen LogP) is 2.64. The quantitative estimate of drug-likeness (QED) is 0.345. The van der Waals surface area contributed by atoms with Crippen LogP contribution in [0.3, 0.4) is 0 Å². The molecule has 0 fully saturated rings. The fourth-order valence-corrected chi connectivity index (χ4v) is 10.2. The van der Waals surface area contributed by atoms with Gasteiger partial charge in [0.25, 0.3) is 0 Å². The summed E-state index contributed by atoms with van der Waals surface area (Å²) in [5.41, 5.74) is 2.93. The van der Waals surface area contributed by atoms with Gasteiger partial charge in [-0.2, -0.15) is 0 Å². The van der Waals surface area contributed by atoms with E-state index in [1.54, 1.807) is 0 Å². The first-order chi connectivity index (χ1) is 14.0. The van der Waals surface area contributed by atoms with Crippen molar-refractivity contribution in [3.05, 3.63) is 59.7 Å². The van der Waals surface area contributed by atoms with Gasteiger partial charge in [-0.15, -0.1) is 0 Å². The van der Waals surface area contributed by atoms with Crippen LogP contribution in [0.1, 0.15) is 52.7 Å². The summed E-state index contributed by atoms with van der Waals surface area (Å²) in [7, 11) is -1.62. The van der Waals surface area contributed by atoms with Gasteiger partial charge < -0.3 is 38.7 Å². The molecule has 0 heterocycles. The van der Waals surface area contributed by atoms with Crippen LogP contribution in [0.4, 0.5) is 0 Å². The van der Waals surface area contributed by atoms with Crippen LogP contribution >= 0.6 is 14.5 Å². The van der Waals surface area contributed by atoms with Gasteiger partial charge >= 0.3 is 0 Å². The summed E-state index contributed by atoms with van der Waals surface area (Å²) in [5.74, 6) is 1.87. The van der Waals surface area contributed by atoms with Crippen LogP contribution in [0.2, 0.25) is 0 Å². The van der Waals surface area contributed by atoms with Crippen LogP contribution < -0.4 is 38.7 Å². The molecule has 2 aromatic rings. The van der Waals surface area contributed by atoms with E-state index in [1.165, 1.54) is 60.4 Å². The Bertz CT molecular complexity index is 644. The lowest BCUT2D eigenvalue weighted by Crippen LogP contribution is -3.00. The van der Waals surface area contributed by atoms with Crippen LogP contribution in [0, 0.1) is 0 Å². The molecule has 0 bridgehead atoms. The Balaban J connectivity index is 0.00000450. The second-order valence-corrected chi connectivity index (χ2v) is 18.1. The third-order valence-electron chi connectivity index (χ3n) is 7.14. The summed E-state index contributed by atoms with van der Waals surface area (Å²) < 4.78 is 6.12. The molecule has 0 aliphatic carbocycles. The maximum absolute atomic E-state index is 6.12. The highest BCUT2D eigenvalue weighted by molar-refractivity contribution is 7.75. The van der Waals surface area contributed by atoms with E-state index in [2.05, 4.69) is 90.1 Å². The van der Waals surface area contributed by atoms with Crippen molar-refractivity contribution in [1.82, 2.24) is 0 Å². The topological polar surface area (TPSA) is 9.23 Å². The van der Waals surface area contributed by atoms with E-state index in [0.717, 1.165) is 11.5 Å². The number of benzene rings is 2. The molecule has 0 aromatic heterocycles. The summed E-state index contributed by atoms with van der Waals surface area (Å²) in [6, 6.07) is 17.6. The van der Waals surface area contributed by atoms with Crippen molar-refractivity contribution in [2.45, 2.75) is 53.9 Å². The predicted molar refractivity (Wildman–Crippen MR) is 137 cm³/mol. The van der Waals surface area contributed by atoms with Crippen molar-refractivity contribution in [1.29, 1.82) is 0 Å². The molecule has 2 rings (SSSR count). The average Bonchev–Trinajstić information content (AvgIpc) is 2.78. The van der Waals surface area contributed by atoms with Gasteiger partial charge in [-0.25, -0.2) is 0 Å². The van der Waals surface area contributed by atoms with E-state index >= 15 is 0 Å². The smallest absolute Gasteiger partial charge is 0.127 e. The van der Waals surface area contributed by atoms with Crippen molar-refractivity contribution in [2.24, 2.45) is 0 Å². The van der Waals surface area contributed by atoms with Gasteiger partial charge in [0.05, 0.1) is 49.3 Å². The van der Waals surface area contributed by atoms with Crippen molar-refractivity contribution in [2.75, 3.05) is 37.0 Å². The molecule has 0 aliphatic heterocycles. The fraction of sp³-hybridized carbons (Fsp3) is 0.538. The number of rotatable bonds is 12. The Labute approximate surface area is 214 Å². The molecule has 0 unspecified atom stereocenters. The zero-order valence-electron chi connectivity index (χ0n) is 20.3. The van der Waals surface area contributed by atoms with Crippen molar-refractivity contribution in [3.8, 4) is 11.5 Å². The molecular formula is C26H42Br2OP2. The molecule has 0 N–H and O–H groups in total. The minimum atomic E-state index is -0.812. The first-order valence-corrected chi connectivity index (χ1v) is 16.6. The fourth-order valence-electron chi connectivity index (χ4n) is 4.25. The number of halogens is 2. The normalized spacial score (nSPS) is 11.4. The molecule has 176 valence electrons. The lowest BCUT2D eigenvalue weighted by atomic mass is 10.2. The van der Waals surface area contributed by atoms with Gasteiger partial charge in [0.2, 0.25) is 0 Å². The van der Waals surface area contributed by atoms with Crippen molar-refractivity contribution in [3.63, 3.8) is 0 Å². The minimum absolute atomic E-state index is 0. The molecule has 1 nitrogen and oxygen atoms in total. The van der Waals surface area contributed by atoms with E-state index in [-0.39, 0.29) is 34.0 Å². The molecule has 0 spiro atoms. The van der Waals surface area contributed by atoms with Crippen LogP contribution in [0.5, 0.6) is 11.5 Å². The maximum atomic E-state index is 6.12. The monoisotopic (exact) mass is 590 g/mol. The second-order valence-electron chi connectivity index (χ2n) is 8.29. The second kappa shape index (κ2) is 15.1. The molecule has 2 aromatic carbocycles. The number of hydrogen-bond donors (Lipinski definition) is 0. The van der Waals surface area contributed by atoms with Crippen molar-refractivity contribution < 1.29 is 38.7 Å². The standard InChI is InChI=1S/C26H42OP2.2BrH/c1-7-28(8-2,9-3)21-23-13-17-25(18-14-23)27-26-19-15-24(16-20-26)22-29(10-4,11-5)12-6;;/h13-20H,7-12,21-22H2,1-6H3;2*1H/q+2;;/p-2. The van der Waals surface area contributed by atoms with Crippen molar-refractivity contribution >= 4 is 14.5 Å². The highest BCUT2D eigenvalue weighted by Gasteiger charge is 2.32. The zero-order chi connectivity index (χ0) is 21.3. The number of hydrogen-bond acceptors (Lipinski definition) is 1. The molecule has 0 aliphatic rings.